The van der Waals surface area contributed by atoms with Crippen molar-refractivity contribution in [1.29, 1.82) is 0 Å². The summed E-state index contributed by atoms with van der Waals surface area (Å²) in [5.41, 5.74) is 0.193. The third-order valence-electron chi connectivity index (χ3n) is 2.91. The molecule has 0 aromatic heterocycles. The zero-order chi connectivity index (χ0) is 7.90. The van der Waals surface area contributed by atoms with Gasteiger partial charge in [-0.1, -0.05) is 6.92 Å². The molecule has 2 rings (SSSR count). The normalized spacial score (nSPS) is 44.7. The van der Waals surface area contributed by atoms with Crippen LogP contribution in [0.2, 0.25) is 0 Å². The highest BCUT2D eigenvalue weighted by Gasteiger charge is 2.42. The van der Waals surface area contributed by atoms with E-state index >= 15 is 0 Å². The molecular formula is C9H17NO. The Hall–Kier alpha value is -0.0800. The van der Waals surface area contributed by atoms with E-state index in [0.717, 1.165) is 19.1 Å². The maximum absolute atomic E-state index is 5.75. The van der Waals surface area contributed by atoms with Crippen molar-refractivity contribution in [3.63, 3.8) is 0 Å². The van der Waals surface area contributed by atoms with Crippen molar-refractivity contribution in [1.82, 2.24) is 4.90 Å². The van der Waals surface area contributed by atoms with Gasteiger partial charge >= 0.3 is 0 Å². The molecule has 64 valence electrons. The monoisotopic (exact) mass is 155 g/mol. The lowest BCUT2D eigenvalue weighted by Crippen LogP contribution is -2.45. The minimum absolute atomic E-state index is 0.193. The maximum atomic E-state index is 5.75. The van der Waals surface area contributed by atoms with Crippen LogP contribution in [-0.4, -0.2) is 36.7 Å². The SMILES string of the molecule is CCN1CC2CO[C@@](C)(C2)C1. The first-order valence-electron chi connectivity index (χ1n) is 4.58. The van der Waals surface area contributed by atoms with Gasteiger partial charge < -0.3 is 9.64 Å². The van der Waals surface area contributed by atoms with Crippen molar-refractivity contribution in [2.24, 2.45) is 5.92 Å². The lowest BCUT2D eigenvalue weighted by atomic mass is 9.91. The van der Waals surface area contributed by atoms with Gasteiger partial charge in [0, 0.05) is 13.1 Å². The van der Waals surface area contributed by atoms with E-state index < -0.39 is 0 Å². The van der Waals surface area contributed by atoms with Crippen LogP contribution in [0.25, 0.3) is 0 Å². The molecule has 2 atom stereocenters. The van der Waals surface area contributed by atoms with E-state index in [1.807, 2.05) is 0 Å². The van der Waals surface area contributed by atoms with Gasteiger partial charge in [-0.2, -0.15) is 0 Å². The fraction of sp³-hybridized carbons (Fsp3) is 1.00. The molecule has 2 nitrogen and oxygen atoms in total. The predicted molar refractivity (Wildman–Crippen MR) is 44.6 cm³/mol. The molecule has 2 heteroatoms. The number of nitrogens with zero attached hydrogens (tertiary/aromatic N) is 1. The van der Waals surface area contributed by atoms with E-state index in [-0.39, 0.29) is 5.60 Å². The first-order valence-corrected chi connectivity index (χ1v) is 4.58. The van der Waals surface area contributed by atoms with Gasteiger partial charge in [0.25, 0.3) is 0 Å². The standard InChI is InChI=1S/C9H17NO/c1-3-10-5-8-4-9(2,7-10)11-6-8/h8H,3-7H2,1-2H3/t8?,9-/m0/s1. The fourth-order valence-electron chi connectivity index (χ4n) is 2.42. The van der Waals surface area contributed by atoms with Crippen molar-refractivity contribution in [3.8, 4) is 0 Å². The molecule has 0 spiro atoms. The minimum Gasteiger partial charge on any atom is -0.374 e. The molecular weight excluding hydrogens is 138 g/mol. The van der Waals surface area contributed by atoms with Crippen molar-refractivity contribution >= 4 is 0 Å². The molecule has 0 aliphatic carbocycles. The van der Waals surface area contributed by atoms with Crippen LogP contribution in [0, 0.1) is 5.92 Å². The Bertz CT molecular complexity index is 160. The van der Waals surface area contributed by atoms with Gasteiger partial charge in [0.15, 0.2) is 0 Å². The Kier molecular flexibility index (Phi) is 1.69. The van der Waals surface area contributed by atoms with Crippen LogP contribution in [0.1, 0.15) is 20.3 Å². The van der Waals surface area contributed by atoms with Crippen LogP contribution in [-0.2, 0) is 4.74 Å². The third-order valence-corrected chi connectivity index (χ3v) is 2.91. The van der Waals surface area contributed by atoms with Crippen LogP contribution in [0.5, 0.6) is 0 Å². The molecule has 2 bridgehead atoms. The Morgan fingerprint density at radius 1 is 1.64 bits per heavy atom. The molecule has 2 heterocycles. The van der Waals surface area contributed by atoms with Crippen molar-refractivity contribution < 1.29 is 4.74 Å². The number of likely N-dealkylation sites (tertiary alicyclic amines) is 1. The van der Waals surface area contributed by atoms with Crippen LogP contribution >= 0.6 is 0 Å². The Balaban J connectivity index is 2.06. The van der Waals surface area contributed by atoms with Gasteiger partial charge in [0.2, 0.25) is 0 Å². The van der Waals surface area contributed by atoms with Gasteiger partial charge in [0.1, 0.15) is 0 Å². The van der Waals surface area contributed by atoms with Gasteiger partial charge in [-0.3, -0.25) is 0 Å². The van der Waals surface area contributed by atoms with Crippen LogP contribution in [0.4, 0.5) is 0 Å². The summed E-state index contributed by atoms with van der Waals surface area (Å²) in [7, 11) is 0. The van der Waals surface area contributed by atoms with E-state index in [1.165, 1.54) is 19.5 Å². The zero-order valence-corrected chi connectivity index (χ0v) is 7.47. The van der Waals surface area contributed by atoms with E-state index in [2.05, 4.69) is 18.7 Å². The summed E-state index contributed by atoms with van der Waals surface area (Å²) in [4.78, 5) is 2.50. The number of hydrogen-bond donors (Lipinski definition) is 0. The van der Waals surface area contributed by atoms with Gasteiger partial charge in [-0.05, 0) is 25.8 Å². The largest absolute Gasteiger partial charge is 0.374 e. The topological polar surface area (TPSA) is 12.5 Å². The highest BCUT2D eigenvalue weighted by atomic mass is 16.5. The Morgan fingerprint density at radius 2 is 2.45 bits per heavy atom. The van der Waals surface area contributed by atoms with E-state index in [4.69, 9.17) is 4.74 Å². The molecule has 0 aromatic carbocycles. The van der Waals surface area contributed by atoms with Gasteiger partial charge in [-0.15, -0.1) is 0 Å². The smallest absolute Gasteiger partial charge is 0.0784 e. The van der Waals surface area contributed by atoms with Crippen LogP contribution in [0.3, 0.4) is 0 Å². The first-order chi connectivity index (χ1) is 5.22. The highest BCUT2D eigenvalue weighted by Crippen LogP contribution is 2.35. The van der Waals surface area contributed by atoms with Gasteiger partial charge in [-0.25, -0.2) is 0 Å². The molecule has 11 heavy (non-hydrogen) atoms. The molecule has 0 radical (unpaired) electrons. The molecule has 0 saturated carbocycles. The summed E-state index contributed by atoms with van der Waals surface area (Å²) in [6.07, 6.45) is 1.28. The molecule has 2 aliphatic rings. The molecule has 0 aromatic rings. The second-order valence-corrected chi connectivity index (χ2v) is 4.16. The van der Waals surface area contributed by atoms with Crippen molar-refractivity contribution in [3.05, 3.63) is 0 Å². The summed E-state index contributed by atoms with van der Waals surface area (Å²) >= 11 is 0. The summed E-state index contributed by atoms with van der Waals surface area (Å²) in [6, 6.07) is 0. The second-order valence-electron chi connectivity index (χ2n) is 4.16. The summed E-state index contributed by atoms with van der Waals surface area (Å²) in [5, 5.41) is 0. The minimum atomic E-state index is 0.193. The summed E-state index contributed by atoms with van der Waals surface area (Å²) in [5.74, 6) is 0.814. The van der Waals surface area contributed by atoms with E-state index in [1.54, 1.807) is 0 Å². The number of likely N-dealkylation sites (N-methyl/N-ethyl adjacent to an activating group) is 1. The van der Waals surface area contributed by atoms with Crippen LogP contribution < -0.4 is 0 Å². The third kappa shape index (κ3) is 1.30. The number of piperidine rings is 1. The molecule has 2 fully saturated rings. The maximum Gasteiger partial charge on any atom is 0.0784 e. The molecule has 0 N–H and O–H groups in total. The highest BCUT2D eigenvalue weighted by molar-refractivity contribution is 4.93. The van der Waals surface area contributed by atoms with E-state index in [9.17, 15) is 0 Å². The van der Waals surface area contributed by atoms with Crippen LogP contribution in [0.15, 0.2) is 0 Å². The average Bonchev–Trinajstić information content (AvgIpc) is 2.25. The fourth-order valence-corrected chi connectivity index (χ4v) is 2.42. The molecule has 2 aliphatic heterocycles. The Labute approximate surface area is 68.5 Å². The van der Waals surface area contributed by atoms with Crippen molar-refractivity contribution in [2.75, 3.05) is 26.2 Å². The predicted octanol–water partition coefficient (Wildman–Crippen LogP) is 1.12. The molecule has 2 saturated heterocycles. The second kappa shape index (κ2) is 2.46. The number of fused-ring (bicyclic) bond motifs is 2. The van der Waals surface area contributed by atoms with Crippen molar-refractivity contribution in [2.45, 2.75) is 25.9 Å². The first kappa shape index (κ1) is 7.56. The number of ether oxygens (including phenoxy) is 1. The van der Waals surface area contributed by atoms with E-state index in [0.29, 0.717) is 0 Å². The molecule has 0 amide bonds. The zero-order valence-electron chi connectivity index (χ0n) is 7.47. The summed E-state index contributed by atoms with van der Waals surface area (Å²) in [6.45, 7) is 9.04. The average molecular weight is 155 g/mol. The number of rotatable bonds is 1. The summed E-state index contributed by atoms with van der Waals surface area (Å²) < 4.78 is 5.75. The quantitative estimate of drug-likeness (QED) is 0.562. The lowest BCUT2D eigenvalue weighted by Gasteiger charge is -2.35. The molecule has 1 unspecified atom stereocenters. The number of hydrogen-bond acceptors (Lipinski definition) is 2. The van der Waals surface area contributed by atoms with Gasteiger partial charge in [0.05, 0.1) is 12.2 Å². The Morgan fingerprint density at radius 3 is 3.09 bits per heavy atom. The lowest BCUT2D eigenvalue weighted by molar-refractivity contribution is -0.00294.